The number of amides is 1. The van der Waals surface area contributed by atoms with Crippen LogP contribution in [0.3, 0.4) is 0 Å². The fourth-order valence-electron chi connectivity index (χ4n) is 1.38. The van der Waals surface area contributed by atoms with Gasteiger partial charge in [-0.25, -0.2) is 8.78 Å². The van der Waals surface area contributed by atoms with Gasteiger partial charge in [0.25, 0.3) is 0 Å². The molecule has 0 saturated carbocycles. The van der Waals surface area contributed by atoms with Crippen molar-refractivity contribution in [3.63, 3.8) is 0 Å². The normalized spacial score (nSPS) is 9.63. The molecule has 0 aliphatic carbocycles. The minimum atomic E-state index is -0.914. The highest BCUT2D eigenvalue weighted by Crippen LogP contribution is 2.12. The second kappa shape index (κ2) is 8.55. The van der Waals surface area contributed by atoms with Crippen LogP contribution in [0.4, 0.5) is 8.78 Å². The van der Waals surface area contributed by atoms with Gasteiger partial charge in [-0.1, -0.05) is 0 Å². The monoisotopic (exact) mass is 292 g/mol. The first-order valence-electron chi connectivity index (χ1n) is 5.49. The van der Waals surface area contributed by atoms with Crippen molar-refractivity contribution in [1.82, 2.24) is 5.32 Å². The Kier molecular flexibility index (Phi) is 7.86. The molecule has 3 N–H and O–H groups in total. The number of nitrogens with one attached hydrogen (secondary N) is 1. The summed E-state index contributed by atoms with van der Waals surface area (Å²) in [7, 11) is 0. The van der Waals surface area contributed by atoms with Gasteiger partial charge in [-0.15, -0.1) is 12.4 Å². The summed E-state index contributed by atoms with van der Waals surface area (Å²) in [5.41, 5.74) is 4.99. The number of Topliss-reactive ketones (excluding diaryl/α,β-unsaturated/α-hetero) is 1. The third-order valence-corrected chi connectivity index (χ3v) is 2.28. The molecule has 4 nitrogen and oxygen atoms in total. The average molecular weight is 293 g/mol. The zero-order chi connectivity index (χ0) is 13.5. The van der Waals surface area contributed by atoms with Gasteiger partial charge in [0.2, 0.25) is 5.91 Å². The molecular formula is C12H15ClF2N2O2. The molecule has 0 atom stereocenters. The molecule has 0 unspecified atom stereocenters. The van der Waals surface area contributed by atoms with Crippen molar-refractivity contribution in [2.45, 2.75) is 12.8 Å². The van der Waals surface area contributed by atoms with Gasteiger partial charge in [0.1, 0.15) is 11.6 Å². The van der Waals surface area contributed by atoms with Crippen LogP contribution >= 0.6 is 12.4 Å². The zero-order valence-corrected chi connectivity index (χ0v) is 10.9. The van der Waals surface area contributed by atoms with Crippen LogP contribution in [0.5, 0.6) is 0 Å². The molecule has 0 aliphatic rings. The highest BCUT2D eigenvalue weighted by atomic mass is 35.5. The van der Waals surface area contributed by atoms with E-state index >= 15 is 0 Å². The molecule has 1 rings (SSSR count). The van der Waals surface area contributed by atoms with E-state index in [1.807, 2.05) is 0 Å². The number of nitrogens with two attached hydrogens (primary N) is 1. The Balaban J connectivity index is 0.00000324. The number of hydrogen-bond acceptors (Lipinski definition) is 3. The third-order valence-electron chi connectivity index (χ3n) is 2.28. The van der Waals surface area contributed by atoms with Crippen molar-refractivity contribution < 1.29 is 18.4 Å². The van der Waals surface area contributed by atoms with E-state index in [2.05, 4.69) is 5.32 Å². The van der Waals surface area contributed by atoms with Crippen molar-refractivity contribution in [1.29, 1.82) is 0 Å². The van der Waals surface area contributed by atoms with Gasteiger partial charge in [-0.2, -0.15) is 0 Å². The Hall–Kier alpha value is -1.53. The smallest absolute Gasteiger partial charge is 0.220 e. The first-order chi connectivity index (χ1) is 8.54. The molecule has 19 heavy (non-hydrogen) atoms. The SMILES string of the molecule is Cl.NCCNC(=O)CCC(=O)c1ccc(F)cc1F. The van der Waals surface area contributed by atoms with E-state index in [1.54, 1.807) is 0 Å². The molecule has 0 aromatic heterocycles. The van der Waals surface area contributed by atoms with E-state index in [0.29, 0.717) is 19.2 Å². The van der Waals surface area contributed by atoms with E-state index in [1.165, 1.54) is 0 Å². The van der Waals surface area contributed by atoms with Crippen LogP contribution in [-0.2, 0) is 4.79 Å². The van der Waals surface area contributed by atoms with Gasteiger partial charge in [0.05, 0.1) is 5.56 Å². The molecule has 0 fully saturated rings. The van der Waals surface area contributed by atoms with Crippen molar-refractivity contribution in [3.05, 3.63) is 35.4 Å². The van der Waals surface area contributed by atoms with Gasteiger partial charge < -0.3 is 11.1 Å². The molecule has 0 saturated heterocycles. The Morgan fingerprint density at radius 1 is 1.21 bits per heavy atom. The molecule has 0 radical (unpaired) electrons. The van der Waals surface area contributed by atoms with Gasteiger partial charge in [-0.05, 0) is 12.1 Å². The Labute approximate surface area is 115 Å². The van der Waals surface area contributed by atoms with Crippen molar-refractivity contribution >= 4 is 24.1 Å². The summed E-state index contributed by atoms with van der Waals surface area (Å²) in [5, 5.41) is 2.49. The Bertz CT molecular complexity index is 455. The van der Waals surface area contributed by atoms with Crippen LogP contribution in [0.15, 0.2) is 18.2 Å². The maximum atomic E-state index is 13.3. The van der Waals surface area contributed by atoms with Crippen LogP contribution in [-0.4, -0.2) is 24.8 Å². The van der Waals surface area contributed by atoms with Crippen LogP contribution in [0.2, 0.25) is 0 Å². The first-order valence-corrected chi connectivity index (χ1v) is 5.49. The zero-order valence-electron chi connectivity index (χ0n) is 10.1. The van der Waals surface area contributed by atoms with Crippen molar-refractivity contribution in [3.8, 4) is 0 Å². The van der Waals surface area contributed by atoms with Gasteiger partial charge in [0, 0.05) is 32.0 Å². The van der Waals surface area contributed by atoms with Crippen molar-refractivity contribution in [2.24, 2.45) is 5.73 Å². The molecular weight excluding hydrogens is 278 g/mol. The summed E-state index contributed by atoms with van der Waals surface area (Å²) in [6.45, 7) is 0.643. The summed E-state index contributed by atoms with van der Waals surface area (Å²) in [4.78, 5) is 22.8. The topological polar surface area (TPSA) is 72.2 Å². The van der Waals surface area contributed by atoms with E-state index in [0.717, 1.165) is 12.1 Å². The number of hydrogen-bond donors (Lipinski definition) is 2. The highest BCUT2D eigenvalue weighted by molar-refractivity contribution is 5.98. The molecule has 1 aromatic rings. The van der Waals surface area contributed by atoms with Gasteiger partial charge in [-0.3, -0.25) is 9.59 Å². The maximum absolute atomic E-state index is 13.3. The minimum absolute atomic E-state index is 0. The largest absolute Gasteiger partial charge is 0.355 e. The van der Waals surface area contributed by atoms with E-state index in [-0.39, 0.29) is 36.7 Å². The summed E-state index contributed by atoms with van der Waals surface area (Å²) < 4.78 is 25.9. The van der Waals surface area contributed by atoms with Gasteiger partial charge >= 0.3 is 0 Å². The highest BCUT2D eigenvalue weighted by Gasteiger charge is 2.13. The fraction of sp³-hybridized carbons (Fsp3) is 0.333. The summed E-state index contributed by atoms with van der Waals surface area (Å²) >= 11 is 0. The summed E-state index contributed by atoms with van der Waals surface area (Å²) in [6.07, 6.45) is -0.172. The summed E-state index contributed by atoms with van der Waals surface area (Å²) in [6, 6.07) is 2.72. The number of benzene rings is 1. The van der Waals surface area contributed by atoms with E-state index in [9.17, 15) is 18.4 Å². The lowest BCUT2D eigenvalue weighted by molar-refractivity contribution is -0.121. The van der Waals surface area contributed by atoms with Crippen LogP contribution < -0.4 is 11.1 Å². The fourth-order valence-corrected chi connectivity index (χ4v) is 1.38. The third kappa shape index (κ3) is 5.76. The van der Waals surface area contributed by atoms with Crippen LogP contribution in [0.25, 0.3) is 0 Å². The number of carbonyl (C=O) groups excluding carboxylic acids is 2. The van der Waals surface area contributed by atoms with Gasteiger partial charge in [0.15, 0.2) is 5.78 Å². The number of halogens is 3. The number of rotatable bonds is 6. The molecule has 0 spiro atoms. The predicted octanol–water partition coefficient (Wildman–Crippen LogP) is 1.42. The molecule has 0 aliphatic heterocycles. The molecule has 0 heterocycles. The van der Waals surface area contributed by atoms with Crippen LogP contribution in [0, 0.1) is 11.6 Å². The first kappa shape index (κ1) is 17.5. The van der Waals surface area contributed by atoms with Crippen molar-refractivity contribution in [2.75, 3.05) is 13.1 Å². The van der Waals surface area contributed by atoms with Crippen LogP contribution in [0.1, 0.15) is 23.2 Å². The Morgan fingerprint density at radius 3 is 2.47 bits per heavy atom. The lowest BCUT2D eigenvalue weighted by Gasteiger charge is -2.04. The molecule has 7 heteroatoms. The lowest BCUT2D eigenvalue weighted by atomic mass is 10.1. The van der Waals surface area contributed by atoms with E-state index in [4.69, 9.17) is 5.73 Å². The average Bonchev–Trinajstić information content (AvgIpc) is 2.33. The molecule has 1 aromatic carbocycles. The maximum Gasteiger partial charge on any atom is 0.220 e. The quantitative estimate of drug-likeness (QED) is 0.779. The lowest BCUT2D eigenvalue weighted by Crippen LogP contribution is -2.29. The predicted molar refractivity (Wildman–Crippen MR) is 69.2 cm³/mol. The number of ketones is 1. The second-order valence-electron chi connectivity index (χ2n) is 3.69. The second-order valence-corrected chi connectivity index (χ2v) is 3.69. The standard InChI is InChI=1S/C12H14F2N2O2.ClH/c13-8-1-2-9(10(14)7-8)11(17)3-4-12(18)16-6-5-15;/h1-2,7H,3-6,15H2,(H,16,18);1H. The molecule has 106 valence electrons. The molecule has 1 amide bonds. The minimum Gasteiger partial charge on any atom is -0.355 e. The summed E-state index contributed by atoms with van der Waals surface area (Å²) in [5.74, 6) is -2.51. The Morgan fingerprint density at radius 2 is 1.89 bits per heavy atom. The molecule has 0 bridgehead atoms. The number of carbonyl (C=O) groups is 2. The van der Waals surface area contributed by atoms with E-state index < -0.39 is 17.4 Å².